The molecule has 2 fully saturated rings. The van der Waals surface area contributed by atoms with Crippen LogP contribution in [0.15, 0.2) is 42.8 Å². The predicted octanol–water partition coefficient (Wildman–Crippen LogP) is 3.29. The van der Waals surface area contributed by atoms with E-state index < -0.39 is 0 Å². The van der Waals surface area contributed by atoms with Gasteiger partial charge in [-0.3, -0.25) is 4.57 Å². The molecule has 2 N–H and O–H groups in total. The van der Waals surface area contributed by atoms with Crippen molar-refractivity contribution in [2.24, 2.45) is 0 Å². The van der Waals surface area contributed by atoms with Gasteiger partial charge in [-0.1, -0.05) is 5.57 Å². The van der Waals surface area contributed by atoms with Gasteiger partial charge in [0, 0.05) is 35.7 Å². The normalized spacial score (nSPS) is 27.3. The minimum Gasteiger partial charge on any atom is -0.507 e. The minimum absolute atomic E-state index is 0.0722. The van der Waals surface area contributed by atoms with Gasteiger partial charge in [-0.05, 0) is 52.0 Å². The summed E-state index contributed by atoms with van der Waals surface area (Å²) in [6.45, 7) is 4.62. The fourth-order valence-electron chi connectivity index (χ4n) is 4.98. The van der Waals surface area contributed by atoms with Gasteiger partial charge in [0.2, 0.25) is 0 Å². The summed E-state index contributed by atoms with van der Waals surface area (Å²) in [7, 11) is 0. The highest BCUT2D eigenvalue weighted by molar-refractivity contribution is 5.66. The van der Waals surface area contributed by atoms with Crippen LogP contribution in [0.1, 0.15) is 51.8 Å². The van der Waals surface area contributed by atoms with Crippen molar-refractivity contribution < 1.29 is 5.11 Å². The Morgan fingerprint density at radius 3 is 2.53 bits per heavy atom. The predicted molar refractivity (Wildman–Crippen MR) is 113 cm³/mol. The smallest absolute Gasteiger partial charge is 0.174 e. The van der Waals surface area contributed by atoms with Crippen LogP contribution in [0.5, 0.6) is 5.75 Å². The lowest BCUT2D eigenvalue weighted by Gasteiger charge is -2.51. The molecule has 2 aliphatic heterocycles. The number of hydrogen-bond donors (Lipinski definition) is 2. The summed E-state index contributed by atoms with van der Waals surface area (Å²) in [5, 5.41) is 22.8. The molecule has 3 aromatic rings. The van der Waals surface area contributed by atoms with Crippen LogP contribution >= 0.6 is 0 Å². The molecule has 2 bridgehead atoms. The molecule has 30 heavy (non-hydrogen) atoms. The molecule has 2 saturated heterocycles. The minimum atomic E-state index is 0.0722. The van der Waals surface area contributed by atoms with Gasteiger partial charge in [0.05, 0.1) is 11.8 Å². The number of imidazole rings is 1. The fraction of sp³-hybridized carbons (Fsp3) is 0.409. The first-order chi connectivity index (χ1) is 14.4. The van der Waals surface area contributed by atoms with Gasteiger partial charge in [-0.2, -0.15) is 0 Å². The largest absolute Gasteiger partial charge is 0.507 e. The molecule has 0 unspecified atom stereocenters. The first kappa shape index (κ1) is 18.9. The summed E-state index contributed by atoms with van der Waals surface area (Å²) in [6, 6.07) is 1.57. The number of nitrogens with one attached hydrogen (secondary N) is 1. The number of aromatic nitrogens is 6. The highest BCUT2D eigenvalue weighted by Crippen LogP contribution is 2.42. The van der Waals surface area contributed by atoms with Gasteiger partial charge in [0.15, 0.2) is 5.82 Å². The number of aromatic hydroxyl groups is 1. The molecule has 8 nitrogen and oxygen atoms in total. The Morgan fingerprint density at radius 1 is 1.10 bits per heavy atom. The molecule has 2 atom stereocenters. The fourth-order valence-corrected chi connectivity index (χ4v) is 4.98. The second-order valence-corrected chi connectivity index (χ2v) is 8.99. The summed E-state index contributed by atoms with van der Waals surface area (Å²) < 4.78 is 1.72. The van der Waals surface area contributed by atoms with Gasteiger partial charge < -0.3 is 10.4 Å². The Balaban J connectivity index is 1.38. The summed E-state index contributed by atoms with van der Waals surface area (Å²) >= 11 is 0. The molecule has 0 aromatic carbocycles. The van der Waals surface area contributed by atoms with E-state index in [0.717, 1.165) is 12.8 Å². The molecular weight excluding hydrogens is 378 g/mol. The third-order valence-corrected chi connectivity index (χ3v) is 6.12. The maximum atomic E-state index is 10.4. The molecule has 154 valence electrons. The zero-order valence-electron chi connectivity index (χ0n) is 17.2. The number of hydrogen-bond acceptors (Lipinski definition) is 7. The van der Waals surface area contributed by atoms with Crippen molar-refractivity contribution in [3.63, 3.8) is 0 Å². The standard InChI is InChI=1S/C22H25N7O/c1-21-4-3-5-22(2,28-21)11-15(10-21)8-19-24-13-17(26-27-19)16-12-25-20(9-18(16)30)29-7-6-23-14-29/h6-9,12-14,28H,3-5,10-11H2,1-2H3,(H,25,30)/b15-8-/t21-,22+/m0/s1. The van der Waals surface area contributed by atoms with Gasteiger partial charge in [0.25, 0.3) is 0 Å². The van der Waals surface area contributed by atoms with Crippen molar-refractivity contribution in [3.05, 3.63) is 48.6 Å². The Bertz CT molecular complexity index is 1070. The third kappa shape index (κ3) is 3.59. The third-order valence-electron chi connectivity index (χ3n) is 6.12. The molecule has 2 aliphatic rings. The SMILES string of the molecule is C[C@]12CCC[C@](C)(C/C(=C\c3ncc(-c4cnc(-n5ccnc5)cc4O)nn3)C1)N2. The molecule has 0 radical (unpaired) electrons. The summed E-state index contributed by atoms with van der Waals surface area (Å²) in [6.07, 6.45) is 16.0. The van der Waals surface area contributed by atoms with E-state index in [2.05, 4.69) is 50.4 Å². The second kappa shape index (κ2) is 6.98. The lowest BCUT2D eigenvalue weighted by Crippen LogP contribution is -2.61. The maximum absolute atomic E-state index is 10.4. The monoisotopic (exact) mass is 403 g/mol. The number of piperidine rings is 2. The average Bonchev–Trinajstić information content (AvgIpc) is 3.22. The molecule has 0 amide bonds. The van der Waals surface area contributed by atoms with Crippen molar-refractivity contribution in [1.29, 1.82) is 0 Å². The first-order valence-corrected chi connectivity index (χ1v) is 10.3. The lowest BCUT2D eigenvalue weighted by atomic mass is 9.69. The lowest BCUT2D eigenvalue weighted by molar-refractivity contribution is 0.123. The number of nitrogens with zero attached hydrogens (tertiary/aromatic N) is 6. The molecule has 5 heterocycles. The summed E-state index contributed by atoms with van der Waals surface area (Å²) in [5.74, 6) is 1.25. The van der Waals surface area contributed by atoms with Gasteiger partial charge in [0.1, 0.15) is 23.6 Å². The molecule has 8 heteroatoms. The highest BCUT2D eigenvalue weighted by Gasteiger charge is 2.43. The summed E-state index contributed by atoms with van der Waals surface area (Å²) in [4.78, 5) is 12.8. The second-order valence-electron chi connectivity index (χ2n) is 8.99. The quantitative estimate of drug-likeness (QED) is 0.692. The molecule has 0 spiro atoms. The van der Waals surface area contributed by atoms with E-state index in [4.69, 9.17) is 0 Å². The van der Waals surface area contributed by atoms with E-state index in [0.29, 0.717) is 22.9 Å². The van der Waals surface area contributed by atoms with Crippen molar-refractivity contribution in [1.82, 2.24) is 35.0 Å². The van der Waals surface area contributed by atoms with Crippen LogP contribution < -0.4 is 5.32 Å². The van der Waals surface area contributed by atoms with Crippen LogP contribution in [-0.2, 0) is 0 Å². The average molecular weight is 403 g/mol. The van der Waals surface area contributed by atoms with Crippen molar-refractivity contribution in [3.8, 4) is 22.8 Å². The van der Waals surface area contributed by atoms with Crippen LogP contribution in [0.2, 0.25) is 0 Å². The maximum Gasteiger partial charge on any atom is 0.174 e. The van der Waals surface area contributed by atoms with Gasteiger partial charge in [-0.15, -0.1) is 10.2 Å². The Hall–Kier alpha value is -3.13. The van der Waals surface area contributed by atoms with Crippen LogP contribution in [0.25, 0.3) is 23.2 Å². The highest BCUT2D eigenvalue weighted by atomic mass is 16.3. The van der Waals surface area contributed by atoms with E-state index in [1.807, 2.05) is 0 Å². The molecule has 3 aromatic heterocycles. The number of pyridine rings is 1. The van der Waals surface area contributed by atoms with E-state index in [-0.39, 0.29) is 16.8 Å². The zero-order chi connectivity index (χ0) is 20.8. The molecular formula is C22H25N7O. The van der Waals surface area contributed by atoms with Crippen molar-refractivity contribution in [2.75, 3.05) is 0 Å². The van der Waals surface area contributed by atoms with Crippen molar-refractivity contribution in [2.45, 2.75) is 57.0 Å². The van der Waals surface area contributed by atoms with Gasteiger partial charge in [-0.25, -0.2) is 15.0 Å². The topological polar surface area (TPSA) is 102 Å². The molecule has 0 saturated carbocycles. The number of rotatable bonds is 3. The Labute approximate surface area is 175 Å². The van der Waals surface area contributed by atoms with Crippen LogP contribution in [0.4, 0.5) is 0 Å². The van der Waals surface area contributed by atoms with Crippen molar-refractivity contribution >= 4 is 6.08 Å². The molecule has 5 rings (SSSR count). The van der Waals surface area contributed by atoms with E-state index in [1.165, 1.54) is 24.8 Å². The van der Waals surface area contributed by atoms with Crippen LogP contribution in [0, 0.1) is 0 Å². The first-order valence-electron chi connectivity index (χ1n) is 10.3. The number of fused-ring (bicyclic) bond motifs is 2. The van der Waals surface area contributed by atoms with E-state index in [1.54, 1.807) is 41.7 Å². The Morgan fingerprint density at radius 2 is 1.90 bits per heavy atom. The van der Waals surface area contributed by atoms with E-state index >= 15 is 0 Å². The van der Waals surface area contributed by atoms with Crippen LogP contribution in [0.3, 0.4) is 0 Å². The zero-order valence-corrected chi connectivity index (χ0v) is 17.2. The van der Waals surface area contributed by atoms with Crippen LogP contribution in [-0.4, -0.2) is 45.9 Å². The van der Waals surface area contributed by atoms with E-state index in [9.17, 15) is 5.11 Å². The molecule has 0 aliphatic carbocycles. The van der Waals surface area contributed by atoms with Gasteiger partial charge >= 0.3 is 0 Å². The summed E-state index contributed by atoms with van der Waals surface area (Å²) in [5.41, 5.74) is 2.65. The Kier molecular flexibility index (Phi) is 4.39.